The molecule has 0 saturated heterocycles. The molecule has 7 heteroatoms. The number of hydrogen-bond acceptors (Lipinski definition) is 3. The van der Waals surface area contributed by atoms with E-state index in [9.17, 15) is 18.0 Å². The molecule has 3 N–H and O–H groups in total. The van der Waals surface area contributed by atoms with E-state index in [0.29, 0.717) is 30.1 Å². The number of carbonyl (C=O) groups is 1. The largest absolute Gasteiger partial charge is 0.416 e. The van der Waals surface area contributed by atoms with Gasteiger partial charge in [0.2, 0.25) is 5.91 Å². The van der Waals surface area contributed by atoms with Gasteiger partial charge in [0, 0.05) is 33.9 Å². The van der Waals surface area contributed by atoms with E-state index in [1.807, 2.05) is 24.3 Å². The highest BCUT2D eigenvalue weighted by atomic mass is 32.2. The number of amides is 1. The maximum atomic E-state index is 13.5. The number of carbonyl (C=O) groups excluding carboxylic acids is 1. The standard InChI is InChI=1S/C22H23F3N2OS/c1-12-6-14(8-16(26)7-12)21(28)27-18-10-15(22(23,24)25)11-20-17(18)9-13-4-2-3-5-19(13)29-20/h2-5,10-12,14,16H,6-9,26H2,1H3,(H,27,28). The summed E-state index contributed by atoms with van der Waals surface area (Å²) in [5.41, 5.74) is 7.36. The van der Waals surface area contributed by atoms with Crippen LogP contribution in [0.1, 0.15) is 42.9 Å². The van der Waals surface area contributed by atoms with Gasteiger partial charge in [0.05, 0.1) is 5.56 Å². The number of alkyl halides is 3. The molecule has 0 radical (unpaired) electrons. The van der Waals surface area contributed by atoms with Crippen LogP contribution in [-0.4, -0.2) is 11.9 Å². The van der Waals surface area contributed by atoms with Crippen LogP contribution < -0.4 is 11.1 Å². The smallest absolute Gasteiger partial charge is 0.328 e. The summed E-state index contributed by atoms with van der Waals surface area (Å²) in [6, 6.07) is 9.87. The summed E-state index contributed by atoms with van der Waals surface area (Å²) >= 11 is 1.32. The van der Waals surface area contributed by atoms with Crippen LogP contribution in [0.2, 0.25) is 0 Å². The van der Waals surface area contributed by atoms with Crippen molar-refractivity contribution in [1.82, 2.24) is 0 Å². The van der Waals surface area contributed by atoms with Gasteiger partial charge in [0.15, 0.2) is 0 Å². The third kappa shape index (κ3) is 4.31. The van der Waals surface area contributed by atoms with E-state index in [2.05, 4.69) is 12.2 Å². The van der Waals surface area contributed by atoms with Crippen LogP contribution in [0.5, 0.6) is 0 Å². The lowest BCUT2D eigenvalue weighted by Gasteiger charge is -2.31. The molecule has 0 aromatic heterocycles. The van der Waals surface area contributed by atoms with E-state index >= 15 is 0 Å². The van der Waals surface area contributed by atoms with E-state index in [-0.39, 0.29) is 23.6 Å². The second-order valence-corrected chi connectivity index (χ2v) is 9.23. The Bertz CT molecular complexity index is 934. The molecule has 1 amide bonds. The third-order valence-electron chi connectivity index (χ3n) is 5.70. The van der Waals surface area contributed by atoms with Crippen molar-refractivity contribution in [2.75, 3.05) is 5.32 Å². The van der Waals surface area contributed by atoms with Crippen molar-refractivity contribution in [3.8, 4) is 0 Å². The van der Waals surface area contributed by atoms with Crippen molar-refractivity contribution >= 4 is 23.4 Å². The van der Waals surface area contributed by atoms with Crippen LogP contribution in [0.15, 0.2) is 46.2 Å². The number of benzene rings is 2. The van der Waals surface area contributed by atoms with E-state index in [4.69, 9.17) is 5.73 Å². The summed E-state index contributed by atoms with van der Waals surface area (Å²) in [4.78, 5) is 14.4. The van der Waals surface area contributed by atoms with Crippen molar-refractivity contribution in [2.45, 2.75) is 54.6 Å². The fraction of sp³-hybridized carbons (Fsp3) is 0.409. The van der Waals surface area contributed by atoms with Gasteiger partial charge < -0.3 is 11.1 Å². The van der Waals surface area contributed by atoms with Crippen LogP contribution in [0.4, 0.5) is 18.9 Å². The summed E-state index contributed by atoms with van der Waals surface area (Å²) in [5.74, 6) is -0.188. The first-order chi connectivity index (χ1) is 13.7. The highest BCUT2D eigenvalue weighted by Gasteiger charge is 2.35. The van der Waals surface area contributed by atoms with Gasteiger partial charge in [-0.25, -0.2) is 0 Å². The molecule has 1 heterocycles. The lowest BCUT2D eigenvalue weighted by Crippen LogP contribution is -2.37. The molecular weight excluding hydrogens is 397 g/mol. The summed E-state index contributed by atoms with van der Waals surface area (Å²) in [6.45, 7) is 2.05. The molecule has 3 nitrogen and oxygen atoms in total. The van der Waals surface area contributed by atoms with Crippen molar-refractivity contribution in [3.05, 3.63) is 53.1 Å². The van der Waals surface area contributed by atoms with Crippen molar-refractivity contribution in [3.63, 3.8) is 0 Å². The van der Waals surface area contributed by atoms with Gasteiger partial charge in [0.25, 0.3) is 0 Å². The number of fused-ring (bicyclic) bond motifs is 2. The second-order valence-electron chi connectivity index (χ2n) is 8.14. The molecule has 1 fully saturated rings. The minimum Gasteiger partial charge on any atom is -0.328 e. The Kier molecular flexibility index (Phi) is 5.38. The number of nitrogens with two attached hydrogens (primary N) is 1. The molecule has 0 spiro atoms. The molecule has 3 atom stereocenters. The average Bonchev–Trinajstić information content (AvgIpc) is 2.65. The Hall–Kier alpha value is -1.99. The van der Waals surface area contributed by atoms with Gasteiger partial charge in [-0.2, -0.15) is 13.2 Å². The van der Waals surface area contributed by atoms with Crippen LogP contribution >= 0.6 is 11.8 Å². The summed E-state index contributed by atoms with van der Waals surface area (Å²) in [7, 11) is 0. The molecule has 1 aliphatic carbocycles. The molecule has 1 saturated carbocycles. The van der Waals surface area contributed by atoms with Gasteiger partial charge >= 0.3 is 6.18 Å². The molecule has 2 aromatic carbocycles. The Balaban J connectivity index is 1.68. The van der Waals surface area contributed by atoms with Crippen LogP contribution in [-0.2, 0) is 17.4 Å². The zero-order valence-electron chi connectivity index (χ0n) is 16.1. The second kappa shape index (κ2) is 7.69. The number of nitrogens with one attached hydrogen (secondary N) is 1. The van der Waals surface area contributed by atoms with Crippen molar-refractivity contribution in [2.24, 2.45) is 17.6 Å². The molecular formula is C22H23F3N2OS. The fourth-order valence-corrected chi connectivity index (χ4v) is 5.50. The van der Waals surface area contributed by atoms with E-state index < -0.39 is 11.7 Å². The number of hydrogen-bond donors (Lipinski definition) is 2. The minimum atomic E-state index is -4.48. The molecule has 1 aliphatic heterocycles. The average molecular weight is 421 g/mol. The van der Waals surface area contributed by atoms with Gasteiger partial charge in [-0.15, -0.1) is 0 Å². The van der Waals surface area contributed by atoms with Gasteiger partial charge in [-0.3, -0.25) is 4.79 Å². The maximum absolute atomic E-state index is 13.5. The molecule has 2 aromatic rings. The summed E-state index contributed by atoms with van der Waals surface area (Å²) in [6.07, 6.45) is -1.84. The predicted molar refractivity (Wildman–Crippen MR) is 108 cm³/mol. The summed E-state index contributed by atoms with van der Waals surface area (Å²) < 4.78 is 40.5. The first kappa shape index (κ1) is 20.3. The van der Waals surface area contributed by atoms with Crippen LogP contribution in [0, 0.1) is 11.8 Å². The molecule has 154 valence electrons. The SMILES string of the molecule is CC1CC(N)CC(C(=O)Nc2cc(C(F)(F)F)cc3c2Cc2ccccc2S3)C1. The normalized spacial score (nSPS) is 23.8. The number of rotatable bonds is 2. The molecule has 2 aliphatic rings. The van der Waals surface area contributed by atoms with E-state index in [0.717, 1.165) is 28.5 Å². The molecule has 29 heavy (non-hydrogen) atoms. The van der Waals surface area contributed by atoms with Crippen molar-refractivity contribution in [1.29, 1.82) is 0 Å². The minimum absolute atomic E-state index is 0.0487. The topological polar surface area (TPSA) is 55.1 Å². The first-order valence-corrected chi connectivity index (χ1v) is 10.6. The van der Waals surface area contributed by atoms with Gasteiger partial charge in [-0.05, 0) is 54.5 Å². The highest BCUT2D eigenvalue weighted by Crippen LogP contribution is 2.45. The summed E-state index contributed by atoms with van der Waals surface area (Å²) in [5, 5.41) is 2.82. The number of halogens is 3. The zero-order chi connectivity index (χ0) is 20.8. The third-order valence-corrected chi connectivity index (χ3v) is 6.91. The van der Waals surface area contributed by atoms with Crippen LogP contribution in [0.3, 0.4) is 0 Å². The maximum Gasteiger partial charge on any atom is 0.416 e. The van der Waals surface area contributed by atoms with Crippen molar-refractivity contribution < 1.29 is 18.0 Å². The van der Waals surface area contributed by atoms with Gasteiger partial charge in [-0.1, -0.05) is 36.9 Å². The monoisotopic (exact) mass is 420 g/mol. The van der Waals surface area contributed by atoms with Crippen LogP contribution in [0.25, 0.3) is 0 Å². The highest BCUT2D eigenvalue weighted by molar-refractivity contribution is 7.99. The Morgan fingerprint density at radius 1 is 1.14 bits per heavy atom. The predicted octanol–water partition coefficient (Wildman–Crippen LogP) is 5.46. The first-order valence-electron chi connectivity index (χ1n) is 9.77. The Labute approximate surface area is 172 Å². The molecule has 0 bridgehead atoms. The zero-order valence-corrected chi connectivity index (χ0v) is 16.9. The lowest BCUT2D eigenvalue weighted by atomic mass is 9.79. The quantitative estimate of drug-likeness (QED) is 0.579. The lowest BCUT2D eigenvalue weighted by molar-refractivity contribution is -0.137. The Morgan fingerprint density at radius 2 is 1.90 bits per heavy atom. The fourth-order valence-electron chi connectivity index (χ4n) is 4.36. The van der Waals surface area contributed by atoms with Gasteiger partial charge in [0.1, 0.15) is 0 Å². The van der Waals surface area contributed by atoms with E-state index in [1.165, 1.54) is 17.8 Å². The molecule has 3 unspecified atom stereocenters. The molecule has 4 rings (SSSR count). The number of anilines is 1. The van der Waals surface area contributed by atoms with E-state index in [1.54, 1.807) is 0 Å². The Morgan fingerprint density at radius 3 is 2.62 bits per heavy atom.